The molecule has 0 heterocycles. The number of benzene rings is 1. The zero-order valence-electron chi connectivity index (χ0n) is 22.8. The quantitative estimate of drug-likeness (QED) is 0.117. The first kappa shape index (κ1) is 34.8. The number of unbranched alkanes of at least 4 members (excludes halogenated alkanes) is 19. The van der Waals surface area contributed by atoms with E-state index in [0.717, 1.165) is 19.3 Å². The standard InChI is InChI=1S/C30H50O4.K/c1-2-3-4-5-6-7-8-9-10-11-12-13-14-15-16-17-18-19-20-23-26-34-30(33)28-25-22-21-24-27(28)29(31)32;/h21-22,24-25H,2-20,23,26H2,1H3,(H,31,32);/q;+1/p-1. The van der Waals surface area contributed by atoms with E-state index >= 15 is 0 Å². The van der Waals surface area contributed by atoms with Crippen LogP contribution < -0.4 is 56.5 Å². The van der Waals surface area contributed by atoms with Crippen LogP contribution in [0.15, 0.2) is 24.3 Å². The Bertz CT molecular complexity index is 647. The zero-order chi connectivity index (χ0) is 24.7. The number of hydrogen-bond acceptors (Lipinski definition) is 4. The summed E-state index contributed by atoms with van der Waals surface area (Å²) >= 11 is 0. The maximum absolute atomic E-state index is 12.1. The van der Waals surface area contributed by atoms with Crippen LogP contribution in [-0.4, -0.2) is 18.5 Å². The van der Waals surface area contributed by atoms with Crippen molar-refractivity contribution in [1.29, 1.82) is 0 Å². The molecule has 1 aromatic rings. The van der Waals surface area contributed by atoms with E-state index in [1.807, 2.05) is 0 Å². The Hall–Kier alpha value is -0.204. The van der Waals surface area contributed by atoms with Gasteiger partial charge in [0.1, 0.15) is 0 Å². The summed E-state index contributed by atoms with van der Waals surface area (Å²) in [6, 6.07) is 6.02. The second-order valence-electron chi connectivity index (χ2n) is 9.69. The first-order valence-corrected chi connectivity index (χ1v) is 14.1. The number of hydrogen-bond donors (Lipinski definition) is 0. The molecule has 0 N–H and O–H groups in total. The van der Waals surface area contributed by atoms with Gasteiger partial charge in [0.05, 0.1) is 18.1 Å². The summed E-state index contributed by atoms with van der Waals surface area (Å²) in [5.41, 5.74) is -0.0494. The van der Waals surface area contributed by atoms with Crippen LogP contribution in [-0.2, 0) is 4.74 Å². The van der Waals surface area contributed by atoms with E-state index in [1.54, 1.807) is 12.1 Å². The van der Waals surface area contributed by atoms with Gasteiger partial charge in [-0.05, 0) is 12.5 Å². The average molecular weight is 513 g/mol. The monoisotopic (exact) mass is 512 g/mol. The molecule has 0 atom stereocenters. The van der Waals surface area contributed by atoms with Gasteiger partial charge in [-0.2, -0.15) is 0 Å². The Balaban J connectivity index is 0.0000116. The summed E-state index contributed by atoms with van der Waals surface area (Å²) < 4.78 is 5.23. The SMILES string of the molecule is CCCCCCCCCCCCCCCCCCCCCCOC(=O)c1ccccc1C(=O)[O-].[K+]. The van der Waals surface area contributed by atoms with Gasteiger partial charge in [0.2, 0.25) is 0 Å². The fourth-order valence-corrected chi connectivity index (χ4v) is 4.44. The molecule has 194 valence electrons. The maximum Gasteiger partial charge on any atom is 1.00 e. The summed E-state index contributed by atoms with van der Waals surface area (Å²) in [7, 11) is 0. The number of aromatic carboxylic acids is 1. The number of carbonyl (C=O) groups is 2. The van der Waals surface area contributed by atoms with Crippen LogP contribution in [0.3, 0.4) is 0 Å². The number of carboxylic acid groups (broad SMARTS) is 1. The molecule has 35 heavy (non-hydrogen) atoms. The fraction of sp³-hybridized carbons (Fsp3) is 0.733. The van der Waals surface area contributed by atoms with E-state index in [-0.39, 0.29) is 62.5 Å². The van der Waals surface area contributed by atoms with Gasteiger partial charge < -0.3 is 14.6 Å². The third kappa shape index (κ3) is 19.6. The van der Waals surface area contributed by atoms with Crippen molar-refractivity contribution >= 4 is 11.9 Å². The van der Waals surface area contributed by atoms with Crippen molar-refractivity contribution in [3.8, 4) is 0 Å². The number of esters is 1. The molecule has 0 amide bonds. The van der Waals surface area contributed by atoms with Crippen LogP contribution in [0.1, 0.15) is 156 Å². The van der Waals surface area contributed by atoms with Gasteiger partial charge in [0.25, 0.3) is 0 Å². The van der Waals surface area contributed by atoms with Crippen LogP contribution in [0.5, 0.6) is 0 Å². The Kier molecular flexibility index (Phi) is 25.3. The number of rotatable bonds is 23. The second-order valence-corrected chi connectivity index (χ2v) is 9.69. The molecule has 5 heteroatoms. The molecule has 0 aliphatic rings. The molecule has 0 fully saturated rings. The summed E-state index contributed by atoms with van der Waals surface area (Å²) in [5, 5.41) is 11.1. The number of carbonyl (C=O) groups excluding carboxylic acids is 2. The topological polar surface area (TPSA) is 66.4 Å². The van der Waals surface area contributed by atoms with Crippen molar-refractivity contribution in [2.24, 2.45) is 0 Å². The first-order chi connectivity index (χ1) is 16.7. The van der Waals surface area contributed by atoms with Gasteiger partial charge in [-0.15, -0.1) is 0 Å². The minimum atomic E-state index is -1.36. The second kappa shape index (κ2) is 25.4. The minimum Gasteiger partial charge on any atom is -0.545 e. The van der Waals surface area contributed by atoms with Crippen LogP contribution >= 0.6 is 0 Å². The Morgan fingerprint density at radius 2 is 0.943 bits per heavy atom. The molecule has 0 spiro atoms. The Morgan fingerprint density at radius 3 is 1.31 bits per heavy atom. The number of carboxylic acids is 1. The average Bonchev–Trinajstić information content (AvgIpc) is 2.84. The molecule has 0 radical (unpaired) electrons. The molecule has 0 saturated carbocycles. The predicted molar refractivity (Wildman–Crippen MR) is 139 cm³/mol. The fourth-order valence-electron chi connectivity index (χ4n) is 4.44. The predicted octanol–water partition coefficient (Wildman–Crippen LogP) is 5.03. The summed E-state index contributed by atoms with van der Waals surface area (Å²) in [6.45, 7) is 2.61. The molecule has 0 unspecified atom stereocenters. The van der Waals surface area contributed by atoms with Crippen molar-refractivity contribution in [2.75, 3.05) is 6.61 Å². The molecule has 0 saturated heterocycles. The van der Waals surface area contributed by atoms with Gasteiger partial charge in [-0.25, -0.2) is 4.79 Å². The van der Waals surface area contributed by atoms with Gasteiger partial charge in [-0.3, -0.25) is 0 Å². The van der Waals surface area contributed by atoms with Gasteiger partial charge >= 0.3 is 57.4 Å². The van der Waals surface area contributed by atoms with E-state index in [1.165, 1.54) is 121 Å². The van der Waals surface area contributed by atoms with Crippen molar-refractivity contribution in [3.05, 3.63) is 35.4 Å². The number of ether oxygens (including phenoxy) is 1. The maximum atomic E-state index is 12.1. The van der Waals surface area contributed by atoms with E-state index in [9.17, 15) is 14.7 Å². The Labute approximate surface area is 257 Å². The van der Waals surface area contributed by atoms with E-state index in [0.29, 0.717) is 6.61 Å². The van der Waals surface area contributed by atoms with Crippen molar-refractivity contribution in [2.45, 2.75) is 135 Å². The van der Waals surface area contributed by atoms with Gasteiger partial charge in [0, 0.05) is 5.56 Å². The van der Waals surface area contributed by atoms with Gasteiger partial charge in [0.15, 0.2) is 0 Å². The molecular formula is C30H49KO4. The summed E-state index contributed by atoms with van der Waals surface area (Å²) in [6.07, 6.45) is 26.6. The smallest absolute Gasteiger partial charge is 0.545 e. The normalized spacial score (nSPS) is 10.7. The van der Waals surface area contributed by atoms with Crippen LogP contribution in [0.2, 0.25) is 0 Å². The summed E-state index contributed by atoms with van der Waals surface area (Å²) in [5.74, 6) is -1.94. The Morgan fingerprint density at radius 1 is 0.600 bits per heavy atom. The van der Waals surface area contributed by atoms with Crippen LogP contribution in [0, 0.1) is 0 Å². The van der Waals surface area contributed by atoms with Crippen LogP contribution in [0.25, 0.3) is 0 Å². The van der Waals surface area contributed by atoms with Crippen molar-refractivity contribution < 1.29 is 70.8 Å². The molecule has 0 aliphatic carbocycles. The van der Waals surface area contributed by atoms with E-state index in [2.05, 4.69) is 6.92 Å². The first-order valence-electron chi connectivity index (χ1n) is 14.1. The largest absolute Gasteiger partial charge is 1.00 e. The van der Waals surface area contributed by atoms with Crippen molar-refractivity contribution in [3.63, 3.8) is 0 Å². The molecule has 1 rings (SSSR count). The van der Waals surface area contributed by atoms with E-state index in [4.69, 9.17) is 4.74 Å². The third-order valence-corrected chi connectivity index (χ3v) is 6.60. The molecule has 0 bridgehead atoms. The van der Waals surface area contributed by atoms with Crippen molar-refractivity contribution in [1.82, 2.24) is 0 Å². The van der Waals surface area contributed by atoms with Crippen LogP contribution in [0.4, 0.5) is 0 Å². The molecular weight excluding hydrogens is 463 g/mol. The minimum absolute atomic E-state index is 0. The third-order valence-electron chi connectivity index (χ3n) is 6.60. The zero-order valence-corrected chi connectivity index (χ0v) is 25.9. The van der Waals surface area contributed by atoms with E-state index < -0.39 is 11.9 Å². The molecule has 1 aromatic carbocycles. The molecule has 4 nitrogen and oxygen atoms in total. The van der Waals surface area contributed by atoms with Gasteiger partial charge in [-0.1, -0.05) is 147 Å². The molecule has 0 aliphatic heterocycles. The summed E-state index contributed by atoms with van der Waals surface area (Å²) in [4.78, 5) is 23.1. The molecule has 0 aromatic heterocycles.